The van der Waals surface area contributed by atoms with Gasteiger partial charge in [-0.1, -0.05) is 69.3 Å². The van der Waals surface area contributed by atoms with Crippen molar-refractivity contribution < 1.29 is 41.8 Å². The zero-order valence-electron chi connectivity index (χ0n) is 41.3. The van der Waals surface area contributed by atoms with Crippen LogP contribution in [0.5, 0.6) is 5.75 Å². The molecule has 7 rings (SSSR count). The minimum Gasteiger partial charge on any atom is -0.494 e. The average Bonchev–Trinajstić information content (AvgIpc) is 4.06. The normalized spacial score (nSPS) is 16.6. The molecular weight excluding hydrogens is 964 g/mol. The fraction of sp³-hybridized carbons (Fsp3) is 0.389. The van der Waals surface area contributed by atoms with E-state index in [9.17, 15) is 37.6 Å². The number of benzene rings is 4. The minimum absolute atomic E-state index is 0.00939. The van der Waals surface area contributed by atoms with Crippen molar-refractivity contribution in [2.24, 2.45) is 5.41 Å². The first-order valence-corrected chi connectivity index (χ1v) is 25.0. The van der Waals surface area contributed by atoms with E-state index in [1.54, 1.807) is 53.2 Å². The van der Waals surface area contributed by atoms with E-state index in [0.717, 1.165) is 49.9 Å². The average molecular weight is 1020 g/mol. The molecule has 1 aromatic heterocycles. The Balaban J connectivity index is 0.839. The number of rotatable bonds is 17. The van der Waals surface area contributed by atoms with E-state index in [4.69, 9.17) is 21.7 Å². The lowest BCUT2D eigenvalue weighted by atomic mass is 9.85. The molecule has 4 amide bonds. The van der Waals surface area contributed by atoms with E-state index >= 15 is 0 Å². The van der Waals surface area contributed by atoms with Crippen LogP contribution in [0, 0.1) is 23.7 Å². The molecular formula is C54H58F3N7O6S2. The molecule has 72 heavy (non-hydrogen) atoms. The van der Waals surface area contributed by atoms with Crippen LogP contribution in [0.4, 0.5) is 24.5 Å². The van der Waals surface area contributed by atoms with Gasteiger partial charge in [0.2, 0.25) is 17.7 Å². The van der Waals surface area contributed by atoms with Gasteiger partial charge in [0.25, 0.3) is 5.91 Å². The second-order valence-electron chi connectivity index (χ2n) is 19.5. The zero-order valence-corrected chi connectivity index (χ0v) is 42.9. The van der Waals surface area contributed by atoms with Crippen molar-refractivity contribution in [2.45, 2.75) is 104 Å². The number of hydrogen-bond donors (Lipinski definition) is 2. The summed E-state index contributed by atoms with van der Waals surface area (Å²) >= 11 is 7.26. The van der Waals surface area contributed by atoms with Crippen LogP contribution in [0.1, 0.15) is 95.7 Å². The van der Waals surface area contributed by atoms with E-state index in [-0.39, 0.29) is 35.3 Å². The largest absolute Gasteiger partial charge is 0.494 e. The fourth-order valence-corrected chi connectivity index (χ4v) is 10.2. The third-order valence-electron chi connectivity index (χ3n) is 12.9. The molecule has 2 aliphatic rings. The van der Waals surface area contributed by atoms with Gasteiger partial charge in [0, 0.05) is 18.8 Å². The Labute approximate surface area is 427 Å². The first kappa shape index (κ1) is 53.1. The number of ether oxygens (including phenoxy) is 2. The van der Waals surface area contributed by atoms with Crippen molar-refractivity contribution in [3.8, 4) is 33.4 Å². The first-order chi connectivity index (χ1) is 34.1. The predicted octanol–water partition coefficient (Wildman–Crippen LogP) is 10.2. The lowest BCUT2D eigenvalue weighted by Crippen LogP contribution is -2.58. The van der Waals surface area contributed by atoms with Crippen molar-refractivity contribution in [2.75, 3.05) is 36.2 Å². The van der Waals surface area contributed by atoms with Crippen molar-refractivity contribution >= 4 is 63.7 Å². The van der Waals surface area contributed by atoms with Gasteiger partial charge in [-0.15, -0.1) is 11.3 Å². The number of halogens is 3. The number of thiocarbonyl (C=S) groups is 1. The number of nitrogens with one attached hydrogen (secondary N) is 2. The summed E-state index contributed by atoms with van der Waals surface area (Å²) in [6.07, 6.45) is -2.31. The Kier molecular flexibility index (Phi) is 16.2. The number of amides is 4. The van der Waals surface area contributed by atoms with Gasteiger partial charge in [-0.2, -0.15) is 18.4 Å². The summed E-state index contributed by atoms with van der Waals surface area (Å²) in [5.41, 5.74) is 3.51. The van der Waals surface area contributed by atoms with Crippen molar-refractivity contribution in [1.29, 1.82) is 5.26 Å². The number of carbonyl (C=O) groups excluding carboxylic acids is 4. The van der Waals surface area contributed by atoms with Crippen molar-refractivity contribution in [3.63, 3.8) is 0 Å². The van der Waals surface area contributed by atoms with Crippen LogP contribution < -0.4 is 25.2 Å². The molecule has 2 aliphatic heterocycles. The van der Waals surface area contributed by atoms with E-state index in [0.29, 0.717) is 56.9 Å². The Morgan fingerprint density at radius 2 is 1.54 bits per heavy atom. The number of anilines is 2. The molecule has 1 unspecified atom stereocenters. The highest BCUT2D eigenvalue weighted by Gasteiger charge is 2.51. The van der Waals surface area contributed by atoms with Gasteiger partial charge in [0.05, 0.1) is 51.6 Å². The molecule has 3 heterocycles. The summed E-state index contributed by atoms with van der Waals surface area (Å²) < 4.78 is 53.0. The summed E-state index contributed by atoms with van der Waals surface area (Å²) in [4.78, 5) is 64.1. The lowest BCUT2D eigenvalue weighted by Gasteiger charge is -2.35. The summed E-state index contributed by atoms with van der Waals surface area (Å²) in [7, 11) is 0. The Hall–Kier alpha value is -6.68. The van der Waals surface area contributed by atoms with E-state index in [1.165, 1.54) is 6.07 Å². The molecule has 2 fully saturated rings. The van der Waals surface area contributed by atoms with Crippen LogP contribution in [0.15, 0.2) is 96.5 Å². The van der Waals surface area contributed by atoms with Crippen molar-refractivity contribution in [3.05, 3.63) is 119 Å². The highest BCUT2D eigenvalue weighted by molar-refractivity contribution is 7.81. The number of hydrogen-bond acceptors (Lipinski definition) is 10. The molecule has 2 saturated heterocycles. The summed E-state index contributed by atoms with van der Waals surface area (Å²) in [6, 6.07) is 25.7. The third-order valence-corrected chi connectivity index (χ3v) is 14.2. The SMILES string of the molecule is Cc1ncsc1-c1ccc([C@H](C)NC(=O)[C@@H]2CCCN2C(=O)C(NC(=O)COCCCCOc2ccc(-c3ccc(N4C(=S)N(c5ccc(C#N)c(C(F)(F)F)c5)C(=O)C4(C)C)cc3)cc2)C(C)(C)C)cc1. The number of likely N-dealkylation sites (tertiary alicyclic amines) is 1. The molecule has 0 radical (unpaired) electrons. The van der Waals surface area contributed by atoms with Gasteiger partial charge in [0.15, 0.2) is 5.11 Å². The fourth-order valence-electron chi connectivity index (χ4n) is 8.88. The van der Waals surface area contributed by atoms with Crippen LogP contribution >= 0.6 is 23.6 Å². The third kappa shape index (κ3) is 11.8. The number of nitrogens with zero attached hydrogens (tertiary/aromatic N) is 5. The Morgan fingerprint density at radius 3 is 2.15 bits per heavy atom. The van der Waals surface area contributed by atoms with Gasteiger partial charge in [-0.3, -0.25) is 24.1 Å². The van der Waals surface area contributed by atoms with E-state index in [2.05, 4.69) is 15.6 Å². The van der Waals surface area contributed by atoms with Crippen LogP contribution in [-0.2, 0) is 30.1 Å². The van der Waals surface area contributed by atoms with E-state index in [1.807, 2.05) is 101 Å². The topological polar surface area (TPSA) is 157 Å². The Bertz CT molecular complexity index is 2840. The maximum absolute atomic E-state index is 14.0. The van der Waals surface area contributed by atoms with Crippen LogP contribution in [0.25, 0.3) is 21.6 Å². The number of nitriles is 1. The highest BCUT2D eigenvalue weighted by Crippen LogP contribution is 2.40. The van der Waals surface area contributed by atoms with Gasteiger partial charge < -0.3 is 29.9 Å². The molecule has 4 aromatic carbocycles. The number of carbonyl (C=O) groups is 4. The molecule has 13 nitrogen and oxygen atoms in total. The zero-order chi connectivity index (χ0) is 52.1. The Morgan fingerprint density at radius 1 is 0.917 bits per heavy atom. The van der Waals surface area contributed by atoms with Crippen LogP contribution in [0.2, 0.25) is 0 Å². The molecule has 0 bridgehead atoms. The monoisotopic (exact) mass is 1020 g/mol. The van der Waals surface area contributed by atoms with Gasteiger partial charge in [0.1, 0.15) is 30.0 Å². The number of thiazole rings is 1. The van der Waals surface area contributed by atoms with Crippen LogP contribution in [-0.4, -0.2) is 82.6 Å². The second kappa shape index (κ2) is 22.0. The number of aromatic nitrogens is 1. The molecule has 0 saturated carbocycles. The summed E-state index contributed by atoms with van der Waals surface area (Å²) in [5.74, 6) is -0.799. The number of unbranched alkanes of at least 4 members (excludes halogenated alkanes) is 1. The molecule has 2 N–H and O–H groups in total. The minimum atomic E-state index is -4.80. The maximum atomic E-state index is 14.0. The predicted molar refractivity (Wildman–Crippen MR) is 275 cm³/mol. The van der Waals surface area contributed by atoms with Gasteiger partial charge in [-0.25, -0.2) is 4.98 Å². The lowest BCUT2D eigenvalue weighted by molar-refractivity contribution is -0.144. The summed E-state index contributed by atoms with van der Waals surface area (Å²) in [5, 5.41) is 15.2. The van der Waals surface area contributed by atoms with Crippen molar-refractivity contribution in [1.82, 2.24) is 20.5 Å². The molecule has 0 spiro atoms. The molecule has 0 aliphatic carbocycles. The van der Waals surface area contributed by atoms with Gasteiger partial charge in [-0.05, 0) is 136 Å². The number of alkyl halides is 3. The second-order valence-corrected chi connectivity index (χ2v) is 20.7. The molecule has 3 atom stereocenters. The first-order valence-electron chi connectivity index (χ1n) is 23.7. The van der Waals surface area contributed by atoms with Crippen LogP contribution in [0.3, 0.4) is 0 Å². The van der Waals surface area contributed by atoms with Gasteiger partial charge >= 0.3 is 6.18 Å². The number of aryl methyl sites for hydroxylation is 1. The maximum Gasteiger partial charge on any atom is 0.417 e. The standard InChI is InChI=1S/C54H58F3N7O6S2/c1-33(35-12-14-38(15-13-35)46-34(2)59-32-72-46)60-48(66)44-11-10-26-62(44)49(67)47(52(3,4)5)61-45(65)31-69-27-8-9-28-70-42-24-19-37(20-25-42)36-16-21-40(22-17-36)64-51(71)63(50(68)53(64,6)7)41-23-18-39(30-58)43(29-41)54(55,56)57/h12-25,29,32-33,44,47H,8-11,26-28,31H2,1-7H3,(H,60,66)(H,61,65)/t33-,44-,47?/m0/s1. The molecule has 18 heteroatoms. The summed E-state index contributed by atoms with van der Waals surface area (Å²) in [6.45, 7) is 13.7. The van der Waals surface area contributed by atoms with E-state index < -0.39 is 52.2 Å². The molecule has 378 valence electrons. The smallest absolute Gasteiger partial charge is 0.417 e. The molecule has 5 aromatic rings. The quantitative estimate of drug-likeness (QED) is 0.0679. The highest BCUT2D eigenvalue weighted by atomic mass is 32.1.